The fourth-order valence-electron chi connectivity index (χ4n) is 2.63. The Hall–Kier alpha value is -1.35. The highest BCUT2D eigenvalue weighted by Gasteiger charge is 2.27. The molecule has 0 spiro atoms. The van der Waals surface area contributed by atoms with Crippen LogP contribution in [-0.2, 0) is 4.79 Å². The van der Waals surface area contributed by atoms with Gasteiger partial charge in [-0.05, 0) is 49.3 Å². The van der Waals surface area contributed by atoms with Crippen LogP contribution in [0.15, 0.2) is 24.3 Å². The molecule has 1 aliphatic rings. The molecule has 1 aromatic carbocycles. The fraction of sp³-hybridized carbons (Fsp3) is 0.562. The van der Waals surface area contributed by atoms with Gasteiger partial charge >= 0.3 is 0 Å². The molecule has 2 rings (SSSR count). The van der Waals surface area contributed by atoms with Crippen LogP contribution < -0.4 is 11.1 Å². The van der Waals surface area contributed by atoms with Crippen LogP contribution in [0.5, 0.6) is 0 Å². The number of hydrogen-bond acceptors (Lipinski definition) is 2. The second kappa shape index (κ2) is 6.20. The highest BCUT2D eigenvalue weighted by atomic mass is 16.1. The van der Waals surface area contributed by atoms with Crippen LogP contribution in [0.1, 0.15) is 51.0 Å². The van der Waals surface area contributed by atoms with Crippen molar-refractivity contribution in [3.05, 3.63) is 29.8 Å². The number of carbonyl (C=O) groups is 1. The van der Waals surface area contributed by atoms with Crippen molar-refractivity contribution in [2.45, 2.75) is 51.5 Å². The number of amides is 1. The molecular formula is C16H24N2O. The summed E-state index contributed by atoms with van der Waals surface area (Å²) in [7, 11) is 0. The lowest BCUT2D eigenvalue weighted by Gasteiger charge is -2.13. The van der Waals surface area contributed by atoms with E-state index in [1.54, 1.807) is 0 Å². The van der Waals surface area contributed by atoms with Gasteiger partial charge in [-0.2, -0.15) is 0 Å². The van der Waals surface area contributed by atoms with Gasteiger partial charge in [0.05, 0.1) is 0 Å². The standard InChI is InChI=1S/C16H24N2O/c1-3-11(2)12-5-8-15(9-6-12)18-16(19)13-4-7-14(17)10-13/h5-6,8-9,11,13-14H,3-4,7,10,17H2,1-2H3,(H,18,19). The SMILES string of the molecule is CCC(C)c1ccc(NC(=O)C2CCC(N)C2)cc1. The first-order chi connectivity index (χ1) is 9.10. The Morgan fingerprint density at radius 3 is 2.58 bits per heavy atom. The molecule has 3 N–H and O–H groups in total. The molecule has 0 saturated heterocycles. The van der Waals surface area contributed by atoms with Crippen molar-refractivity contribution in [3.8, 4) is 0 Å². The molecule has 104 valence electrons. The van der Waals surface area contributed by atoms with Crippen molar-refractivity contribution >= 4 is 11.6 Å². The maximum Gasteiger partial charge on any atom is 0.227 e. The van der Waals surface area contributed by atoms with E-state index >= 15 is 0 Å². The Balaban J connectivity index is 1.94. The highest BCUT2D eigenvalue weighted by Crippen LogP contribution is 2.26. The average Bonchev–Trinajstić information content (AvgIpc) is 2.85. The van der Waals surface area contributed by atoms with Crippen LogP contribution >= 0.6 is 0 Å². The van der Waals surface area contributed by atoms with Gasteiger partial charge in [-0.15, -0.1) is 0 Å². The number of nitrogens with two attached hydrogens (primary N) is 1. The van der Waals surface area contributed by atoms with Crippen LogP contribution in [0.25, 0.3) is 0 Å². The lowest BCUT2D eigenvalue weighted by Crippen LogP contribution is -2.23. The van der Waals surface area contributed by atoms with Crippen LogP contribution in [0, 0.1) is 5.92 Å². The quantitative estimate of drug-likeness (QED) is 0.873. The van der Waals surface area contributed by atoms with Crippen LogP contribution in [0.3, 0.4) is 0 Å². The van der Waals surface area contributed by atoms with E-state index < -0.39 is 0 Å². The van der Waals surface area contributed by atoms with Crippen molar-refractivity contribution in [1.82, 2.24) is 0 Å². The molecule has 3 nitrogen and oxygen atoms in total. The third kappa shape index (κ3) is 3.57. The third-order valence-corrected chi connectivity index (χ3v) is 4.20. The second-order valence-electron chi connectivity index (χ2n) is 5.69. The Labute approximate surface area is 115 Å². The molecule has 1 aliphatic carbocycles. The molecule has 3 unspecified atom stereocenters. The zero-order chi connectivity index (χ0) is 13.8. The molecular weight excluding hydrogens is 236 g/mol. The summed E-state index contributed by atoms with van der Waals surface area (Å²) in [6.45, 7) is 4.40. The van der Waals surface area contributed by atoms with Gasteiger partial charge in [0.2, 0.25) is 5.91 Å². The van der Waals surface area contributed by atoms with E-state index in [0.717, 1.165) is 31.4 Å². The van der Waals surface area contributed by atoms with Crippen LogP contribution in [0.2, 0.25) is 0 Å². The van der Waals surface area contributed by atoms with Crippen LogP contribution in [0.4, 0.5) is 5.69 Å². The summed E-state index contributed by atoms with van der Waals surface area (Å²) in [6, 6.07) is 8.39. The minimum Gasteiger partial charge on any atom is -0.328 e. The fourth-order valence-corrected chi connectivity index (χ4v) is 2.63. The van der Waals surface area contributed by atoms with E-state index in [2.05, 4.69) is 31.3 Å². The molecule has 1 saturated carbocycles. The van der Waals surface area contributed by atoms with E-state index in [-0.39, 0.29) is 17.9 Å². The minimum absolute atomic E-state index is 0.0873. The van der Waals surface area contributed by atoms with Crippen LogP contribution in [-0.4, -0.2) is 11.9 Å². The Kier molecular flexibility index (Phi) is 4.59. The molecule has 19 heavy (non-hydrogen) atoms. The van der Waals surface area contributed by atoms with Gasteiger partial charge in [-0.1, -0.05) is 26.0 Å². The first-order valence-corrected chi connectivity index (χ1v) is 7.26. The molecule has 0 aliphatic heterocycles. The van der Waals surface area contributed by atoms with Gasteiger partial charge in [0.1, 0.15) is 0 Å². The summed E-state index contributed by atoms with van der Waals surface area (Å²) in [4.78, 5) is 12.1. The molecule has 0 heterocycles. The largest absolute Gasteiger partial charge is 0.328 e. The summed E-state index contributed by atoms with van der Waals surface area (Å²) in [5, 5.41) is 2.99. The number of carbonyl (C=O) groups excluding carboxylic acids is 1. The highest BCUT2D eigenvalue weighted by molar-refractivity contribution is 5.92. The van der Waals surface area contributed by atoms with Gasteiger partial charge in [0.25, 0.3) is 0 Å². The smallest absolute Gasteiger partial charge is 0.227 e. The van der Waals surface area contributed by atoms with E-state index in [1.165, 1.54) is 5.56 Å². The van der Waals surface area contributed by atoms with E-state index in [1.807, 2.05) is 12.1 Å². The normalized spacial score (nSPS) is 24.2. The van der Waals surface area contributed by atoms with E-state index in [4.69, 9.17) is 5.73 Å². The van der Waals surface area contributed by atoms with E-state index in [9.17, 15) is 4.79 Å². The zero-order valence-electron chi connectivity index (χ0n) is 11.9. The van der Waals surface area contributed by atoms with Crippen molar-refractivity contribution in [2.24, 2.45) is 11.7 Å². The molecule has 0 aromatic heterocycles. The summed E-state index contributed by atoms with van der Waals surface area (Å²) >= 11 is 0. The van der Waals surface area contributed by atoms with Crippen molar-refractivity contribution < 1.29 is 4.79 Å². The van der Waals surface area contributed by atoms with Crippen molar-refractivity contribution in [1.29, 1.82) is 0 Å². The molecule has 3 atom stereocenters. The zero-order valence-corrected chi connectivity index (χ0v) is 11.9. The second-order valence-corrected chi connectivity index (χ2v) is 5.69. The lowest BCUT2D eigenvalue weighted by molar-refractivity contribution is -0.119. The van der Waals surface area contributed by atoms with Crippen molar-refractivity contribution in [3.63, 3.8) is 0 Å². The van der Waals surface area contributed by atoms with E-state index in [0.29, 0.717) is 5.92 Å². The number of rotatable bonds is 4. The lowest BCUT2D eigenvalue weighted by atomic mass is 9.98. The summed E-state index contributed by atoms with van der Waals surface area (Å²) < 4.78 is 0. The minimum atomic E-state index is 0.0873. The molecule has 0 bridgehead atoms. The molecule has 1 amide bonds. The first kappa shape index (κ1) is 14.1. The Bertz CT molecular complexity index is 427. The Morgan fingerprint density at radius 2 is 2.05 bits per heavy atom. The summed E-state index contributed by atoms with van der Waals surface area (Å²) in [6.07, 6.45) is 3.82. The summed E-state index contributed by atoms with van der Waals surface area (Å²) in [5.41, 5.74) is 8.05. The van der Waals surface area contributed by atoms with Gasteiger partial charge < -0.3 is 11.1 Å². The predicted octanol–water partition coefficient (Wildman–Crippen LogP) is 3.27. The first-order valence-electron chi connectivity index (χ1n) is 7.26. The van der Waals surface area contributed by atoms with Gasteiger partial charge in [-0.3, -0.25) is 4.79 Å². The Morgan fingerprint density at radius 1 is 1.37 bits per heavy atom. The number of benzene rings is 1. The number of hydrogen-bond donors (Lipinski definition) is 2. The predicted molar refractivity (Wildman–Crippen MR) is 79.1 cm³/mol. The average molecular weight is 260 g/mol. The monoisotopic (exact) mass is 260 g/mol. The maximum absolute atomic E-state index is 12.1. The third-order valence-electron chi connectivity index (χ3n) is 4.20. The van der Waals surface area contributed by atoms with Gasteiger partial charge in [0, 0.05) is 17.6 Å². The van der Waals surface area contributed by atoms with Gasteiger partial charge in [0.15, 0.2) is 0 Å². The molecule has 0 radical (unpaired) electrons. The number of anilines is 1. The maximum atomic E-state index is 12.1. The summed E-state index contributed by atoms with van der Waals surface area (Å²) in [5.74, 6) is 0.770. The molecule has 1 fully saturated rings. The molecule has 1 aromatic rings. The topological polar surface area (TPSA) is 55.1 Å². The van der Waals surface area contributed by atoms with Crippen molar-refractivity contribution in [2.75, 3.05) is 5.32 Å². The molecule has 3 heteroatoms. The van der Waals surface area contributed by atoms with Gasteiger partial charge in [-0.25, -0.2) is 0 Å². The number of nitrogens with one attached hydrogen (secondary N) is 1.